The van der Waals surface area contributed by atoms with Gasteiger partial charge in [0.1, 0.15) is 0 Å². The summed E-state index contributed by atoms with van der Waals surface area (Å²) < 4.78 is 1.49. The Morgan fingerprint density at radius 2 is 1.92 bits per heavy atom. The van der Waals surface area contributed by atoms with Crippen LogP contribution in [0.15, 0.2) is 48.7 Å². The first-order valence-corrected chi connectivity index (χ1v) is 8.58. The normalized spacial score (nSPS) is 16.3. The number of amides is 1. The summed E-state index contributed by atoms with van der Waals surface area (Å²) in [4.78, 5) is 27.1. The summed E-state index contributed by atoms with van der Waals surface area (Å²) in [5, 5.41) is 1.27. The number of para-hydroxylation sites is 1. The highest BCUT2D eigenvalue weighted by molar-refractivity contribution is 6.31. The highest BCUT2D eigenvalue weighted by Crippen LogP contribution is 2.35. The number of fused-ring (bicyclic) bond motifs is 2. The van der Waals surface area contributed by atoms with Crippen LogP contribution in [0.1, 0.15) is 34.6 Å². The molecule has 0 spiro atoms. The molecule has 1 aromatic heterocycles. The molecule has 0 saturated carbocycles. The Kier molecular flexibility index (Phi) is 3.65. The van der Waals surface area contributed by atoms with Crippen molar-refractivity contribution in [1.29, 1.82) is 0 Å². The van der Waals surface area contributed by atoms with Crippen molar-refractivity contribution in [3.05, 3.63) is 64.8 Å². The molecule has 3 aromatic rings. The van der Waals surface area contributed by atoms with Crippen molar-refractivity contribution in [3.63, 3.8) is 0 Å². The van der Waals surface area contributed by atoms with Crippen LogP contribution in [0.2, 0.25) is 5.02 Å². The van der Waals surface area contributed by atoms with Gasteiger partial charge in [0.25, 0.3) is 5.91 Å². The molecule has 126 valence electrons. The van der Waals surface area contributed by atoms with Gasteiger partial charge in [0, 0.05) is 35.3 Å². The van der Waals surface area contributed by atoms with Gasteiger partial charge in [0.15, 0.2) is 0 Å². The smallest absolute Gasteiger partial charge is 0.260 e. The molecule has 25 heavy (non-hydrogen) atoms. The van der Waals surface area contributed by atoms with Crippen molar-refractivity contribution in [2.24, 2.45) is 0 Å². The zero-order valence-electron chi connectivity index (χ0n) is 14.0. The second-order valence-electron chi connectivity index (χ2n) is 6.45. The minimum Gasteiger partial charge on any atom is -0.305 e. The highest BCUT2D eigenvalue weighted by atomic mass is 35.5. The summed E-state index contributed by atoms with van der Waals surface area (Å²) in [6.07, 6.45) is 2.46. The Balaban J connectivity index is 1.88. The first-order valence-electron chi connectivity index (χ1n) is 8.20. The molecule has 1 unspecified atom stereocenters. The molecular formula is C20H17ClN2O2. The molecule has 0 N–H and O–H groups in total. The van der Waals surface area contributed by atoms with Crippen molar-refractivity contribution >= 4 is 40.0 Å². The van der Waals surface area contributed by atoms with E-state index < -0.39 is 0 Å². The van der Waals surface area contributed by atoms with E-state index in [1.54, 1.807) is 24.4 Å². The Morgan fingerprint density at radius 3 is 2.68 bits per heavy atom. The third-order valence-electron chi connectivity index (χ3n) is 4.76. The largest absolute Gasteiger partial charge is 0.305 e. The van der Waals surface area contributed by atoms with Crippen LogP contribution in [0, 0.1) is 0 Å². The molecule has 1 aliphatic rings. The molecule has 0 saturated heterocycles. The molecule has 5 heteroatoms. The van der Waals surface area contributed by atoms with Crippen molar-refractivity contribution in [1.82, 2.24) is 4.57 Å². The maximum Gasteiger partial charge on any atom is 0.260 e. The van der Waals surface area contributed by atoms with Crippen LogP contribution >= 0.6 is 11.6 Å². The van der Waals surface area contributed by atoms with E-state index in [2.05, 4.69) is 6.07 Å². The number of benzene rings is 2. The van der Waals surface area contributed by atoms with Gasteiger partial charge in [0.05, 0.1) is 11.1 Å². The SMILES string of the molecule is CC(=O)n1cc(C(=O)N2c3ccccc3CC2C)c2ccc(Cl)cc21. The summed E-state index contributed by atoms with van der Waals surface area (Å²) in [7, 11) is 0. The number of anilines is 1. The summed E-state index contributed by atoms with van der Waals surface area (Å²) >= 11 is 6.08. The van der Waals surface area contributed by atoms with Crippen molar-refractivity contribution in [2.45, 2.75) is 26.3 Å². The number of nitrogens with zero attached hydrogens (tertiary/aromatic N) is 2. The molecule has 1 amide bonds. The number of carbonyl (C=O) groups is 2. The molecule has 4 nitrogen and oxygen atoms in total. The van der Waals surface area contributed by atoms with E-state index in [-0.39, 0.29) is 17.9 Å². The molecule has 2 heterocycles. The first kappa shape index (κ1) is 15.9. The Bertz CT molecular complexity index is 1020. The fourth-order valence-electron chi connectivity index (χ4n) is 3.64. The molecule has 0 aliphatic carbocycles. The fraction of sp³-hybridized carbons (Fsp3) is 0.200. The number of carbonyl (C=O) groups excluding carboxylic acids is 2. The van der Waals surface area contributed by atoms with Crippen LogP contribution in [0.3, 0.4) is 0 Å². The third-order valence-corrected chi connectivity index (χ3v) is 5.00. The Morgan fingerprint density at radius 1 is 1.16 bits per heavy atom. The van der Waals surface area contributed by atoms with E-state index in [1.165, 1.54) is 17.1 Å². The van der Waals surface area contributed by atoms with Crippen LogP contribution in [-0.4, -0.2) is 22.4 Å². The van der Waals surface area contributed by atoms with Gasteiger partial charge in [0.2, 0.25) is 5.91 Å². The summed E-state index contributed by atoms with van der Waals surface area (Å²) in [6, 6.07) is 13.3. The minimum absolute atomic E-state index is 0.0768. The predicted molar refractivity (Wildman–Crippen MR) is 99.7 cm³/mol. The van der Waals surface area contributed by atoms with Gasteiger partial charge in [-0.05, 0) is 37.1 Å². The lowest BCUT2D eigenvalue weighted by atomic mass is 10.1. The standard InChI is InChI=1S/C20H17ClN2O2/c1-12-9-14-5-3-4-6-18(14)23(12)20(25)17-11-22(13(2)24)19-10-15(21)7-8-16(17)19/h3-8,10-12H,9H2,1-2H3. The van der Waals surface area contributed by atoms with Crippen LogP contribution in [0.25, 0.3) is 10.9 Å². The molecule has 4 rings (SSSR count). The second-order valence-corrected chi connectivity index (χ2v) is 6.89. The lowest BCUT2D eigenvalue weighted by molar-refractivity contribution is 0.0941. The molecule has 2 aromatic carbocycles. The second kappa shape index (κ2) is 5.74. The van der Waals surface area contributed by atoms with Crippen molar-refractivity contribution in [2.75, 3.05) is 4.90 Å². The highest BCUT2D eigenvalue weighted by Gasteiger charge is 2.32. The van der Waals surface area contributed by atoms with E-state index in [0.29, 0.717) is 16.1 Å². The lowest BCUT2D eigenvalue weighted by Gasteiger charge is -2.22. The zero-order valence-corrected chi connectivity index (χ0v) is 14.7. The summed E-state index contributed by atoms with van der Waals surface area (Å²) in [5.41, 5.74) is 3.29. The van der Waals surface area contributed by atoms with Crippen LogP contribution in [-0.2, 0) is 6.42 Å². The Labute approximate surface area is 150 Å². The molecular weight excluding hydrogens is 336 g/mol. The predicted octanol–water partition coefficient (Wildman–Crippen LogP) is 4.55. The van der Waals surface area contributed by atoms with Gasteiger partial charge >= 0.3 is 0 Å². The molecule has 1 aliphatic heterocycles. The average molecular weight is 353 g/mol. The van der Waals surface area contributed by atoms with Gasteiger partial charge in [-0.3, -0.25) is 14.2 Å². The molecule has 0 fully saturated rings. The van der Waals surface area contributed by atoms with Gasteiger partial charge < -0.3 is 4.90 Å². The summed E-state index contributed by atoms with van der Waals surface area (Å²) in [5.74, 6) is -0.244. The van der Waals surface area contributed by atoms with E-state index in [9.17, 15) is 9.59 Å². The van der Waals surface area contributed by atoms with Crippen LogP contribution < -0.4 is 4.90 Å². The maximum atomic E-state index is 13.3. The maximum absolute atomic E-state index is 13.3. The quantitative estimate of drug-likeness (QED) is 0.645. The number of aromatic nitrogens is 1. The monoisotopic (exact) mass is 352 g/mol. The Hall–Kier alpha value is -2.59. The number of halogens is 1. The summed E-state index contributed by atoms with van der Waals surface area (Å²) in [6.45, 7) is 3.52. The number of rotatable bonds is 1. The van der Waals surface area contributed by atoms with E-state index >= 15 is 0 Å². The third kappa shape index (κ3) is 2.45. The van der Waals surface area contributed by atoms with Gasteiger partial charge in [-0.15, -0.1) is 0 Å². The number of hydrogen-bond donors (Lipinski definition) is 0. The van der Waals surface area contributed by atoms with Crippen molar-refractivity contribution in [3.8, 4) is 0 Å². The minimum atomic E-state index is -0.152. The molecule has 1 atom stereocenters. The van der Waals surface area contributed by atoms with E-state index in [1.807, 2.05) is 30.0 Å². The van der Waals surface area contributed by atoms with Gasteiger partial charge in [-0.25, -0.2) is 0 Å². The fourth-order valence-corrected chi connectivity index (χ4v) is 3.80. The molecule has 0 bridgehead atoms. The van der Waals surface area contributed by atoms with E-state index in [4.69, 9.17) is 11.6 Å². The average Bonchev–Trinajstić information content (AvgIpc) is 3.11. The van der Waals surface area contributed by atoms with Gasteiger partial charge in [-0.1, -0.05) is 35.9 Å². The van der Waals surface area contributed by atoms with Crippen LogP contribution in [0.4, 0.5) is 5.69 Å². The lowest BCUT2D eigenvalue weighted by Crippen LogP contribution is -2.35. The van der Waals surface area contributed by atoms with Gasteiger partial charge in [-0.2, -0.15) is 0 Å². The van der Waals surface area contributed by atoms with Crippen LogP contribution in [0.5, 0.6) is 0 Å². The first-order chi connectivity index (χ1) is 12.0. The van der Waals surface area contributed by atoms with Crippen molar-refractivity contribution < 1.29 is 9.59 Å². The number of hydrogen-bond acceptors (Lipinski definition) is 2. The zero-order chi connectivity index (χ0) is 17.7. The molecule has 0 radical (unpaired) electrons. The topological polar surface area (TPSA) is 42.3 Å². The van der Waals surface area contributed by atoms with E-state index in [0.717, 1.165) is 17.5 Å².